The molecule has 0 bridgehead atoms. The highest BCUT2D eigenvalue weighted by Crippen LogP contribution is 2.29. The molecule has 0 aliphatic carbocycles. The van der Waals surface area contributed by atoms with Crippen LogP contribution in [-0.2, 0) is 0 Å². The Balaban J connectivity index is 2.10. The van der Waals surface area contributed by atoms with Gasteiger partial charge in [0.25, 0.3) is 0 Å². The Morgan fingerprint density at radius 2 is 2.00 bits per heavy atom. The smallest absolute Gasteiger partial charge is 0.169 e. The summed E-state index contributed by atoms with van der Waals surface area (Å²) in [5.74, 6) is 0.111. The molecule has 0 spiro atoms. The van der Waals surface area contributed by atoms with Crippen LogP contribution in [0.15, 0.2) is 48.7 Å². The zero-order chi connectivity index (χ0) is 12.5. The third-order valence-electron chi connectivity index (χ3n) is 2.83. The third-order valence-corrected chi connectivity index (χ3v) is 4.06. The van der Waals surface area contributed by atoms with Gasteiger partial charge < -0.3 is 0 Å². The summed E-state index contributed by atoms with van der Waals surface area (Å²) in [7, 11) is 0. The lowest BCUT2D eigenvalue weighted by Crippen LogP contribution is -1.83. The predicted octanol–water partition coefficient (Wildman–Crippen LogP) is 4.17. The van der Waals surface area contributed by atoms with Crippen molar-refractivity contribution in [2.75, 3.05) is 0 Å². The first-order chi connectivity index (χ1) is 8.74. The zero-order valence-electron chi connectivity index (χ0n) is 9.88. The van der Waals surface area contributed by atoms with Gasteiger partial charge in [0, 0.05) is 22.0 Å². The monoisotopic (exact) mass is 253 g/mol. The van der Waals surface area contributed by atoms with Gasteiger partial charge >= 0.3 is 0 Å². The average Bonchev–Trinajstić information content (AvgIpc) is 2.88. The van der Waals surface area contributed by atoms with E-state index in [0.717, 1.165) is 26.2 Å². The molecule has 0 saturated heterocycles. The van der Waals surface area contributed by atoms with Gasteiger partial charge in [-0.3, -0.25) is 9.78 Å². The Bertz CT molecular complexity index is 730. The number of Topliss-reactive ketones (excluding diaryl/α,β-unsaturated/α-hetero) is 1. The minimum absolute atomic E-state index is 0.111. The molecule has 0 saturated carbocycles. The molecular weight excluding hydrogens is 242 g/mol. The lowest BCUT2D eigenvalue weighted by molar-refractivity contribution is 0.102. The summed E-state index contributed by atoms with van der Waals surface area (Å²) in [6, 6.07) is 14.0. The summed E-state index contributed by atoms with van der Waals surface area (Å²) in [4.78, 5) is 17.6. The molecule has 0 aliphatic rings. The number of hydrogen-bond donors (Lipinski definition) is 0. The molecule has 0 radical (unpaired) electrons. The Morgan fingerprint density at radius 3 is 2.78 bits per heavy atom. The minimum Gasteiger partial charge on any atom is -0.294 e. The van der Waals surface area contributed by atoms with Gasteiger partial charge in [0.1, 0.15) is 0 Å². The lowest BCUT2D eigenvalue weighted by Gasteiger charge is -2.00. The number of benzene rings is 1. The topological polar surface area (TPSA) is 30.0 Å². The molecule has 0 N–H and O–H groups in total. The molecule has 0 fully saturated rings. The van der Waals surface area contributed by atoms with E-state index in [4.69, 9.17) is 0 Å². The van der Waals surface area contributed by atoms with Crippen molar-refractivity contribution < 1.29 is 4.79 Å². The number of nitrogens with zero attached hydrogens (tertiary/aromatic N) is 1. The van der Waals surface area contributed by atoms with Crippen molar-refractivity contribution >= 4 is 28.0 Å². The van der Waals surface area contributed by atoms with E-state index in [1.165, 1.54) is 11.3 Å². The molecule has 2 heterocycles. The standard InChI is InChI=1S/C15H11NOS/c1-10(17)14-6-7-15(18-14)12-8-11-4-2-3-5-13(11)16-9-12/h2-9H,1H3. The number of rotatable bonds is 2. The van der Waals surface area contributed by atoms with Gasteiger partial charge in [-0.25, -0.2) is 0 Å². The van der Waals surface area contributed by atoms with E-state index in [1.54, 1.807) is 6.92 Å². The SMILES string of the molecule is CC(=O)c1ccc(-c2cnc3ccccc3c2)s1. The van der Waals surface area contributed by atoms with Crippen LogP contribution in [0.2, 0.25) is 0 Å². The fraction of sp³-hybridized carbons (Fsp3) is 0.0667. The molecule has 0 aliphatic heterocycles. The largest absolute Gasteiger partial charge is 0.294 e. The molecule has 88 valence electrons. The van der Waals surface area contributed by atoms with Crippen molar-refractivity contribution in [2.45, 2.75) is 6.92 Å². The van der Waals surface area contributed by atoms with Crippen molar-refractivity contribution in [3.05, 3.63) is 53.5 Å². The van der Waals surface area contributed by atoms with Crippen LogP contribution in [0.25, 0.3) is 21.3 Å². The Kier molecular flexibility index (Phi) is 2.68. The van der Waals surface area contributed by atoms with E-state index in [0.29, 0.717) is 0 Å². The van der Waals surface area contributed by atoms with Gasteiger partial charge in [-0.1, -0.05) is 18.2 Å². The Morgan fingerprint density at radius 1 is 1.17 bits per heavy atom. The minimum atomic E-state index is 0.111. The summed E-state index contributed by atoms with van der Waals surface area (Å²) in [5.41, 5.74) is 2.05. The Hall–Kier alpha value is -2.00. The fourth-order valence-corrected chi connectivity index (χ4v) is 2.77. The Labute approximate surface area is 109 Å². The third kappa shape index (κ3) is 1.93. The summed E-state index contributed by atoms with van der Waals surface area (Å²) in [5, 5.41) is 1.12. The highest BCUT2D eigenvalue weighted by Gasteiger charge is 2.07. The molecule has 3 rings (SSSR count). The maximum absolute atomic E-state index is 11.3. The van der Waals surface area contributed by atoms with Crippen molar-refractivity contribution in [3.63, 3.8) is 0 Å². The molecule has 1 aromatic carbocycles. The zero-order valence-corrected chi connectivity index (χ0v) is 10.7. The summed E-state index contributed by atoms with van der Waals surface area (Å²) >= 11 is 1.51. The number of pyridine rings is 1. The average molecular weight is 253 g/mol. The number of hydrogen-bond acceptors (Lipinski definition) is 3. The fourth-order valence-electron chi connectivity index (χ4n) is 1.89. The highest BCUT2D eigenvalue weighted by atomic mass is 32.1. The maximum atomic E-state index is 11.3. The van der Waals surface area contributed by atoms with E-state index in [-0.39, 0.29) is 5.78 Å². The van der Waals surface area contributed by atoms with Crippen LogP contribution in [0, 0.1) is 0 Å². The second-order valence-electron chi connectivity index (χ2n) is 4.14. The van der Waals surface area contributed by atoms with Crippen molar-refractivity contribution in [2.24, 2.45) is 0 Å². The number of ketones is 1. The summed E-state index contributed by atoms with van der Waals surface area (Å²) in [6.45, 7) is 1.59. The van der Waals surface area contributed by atoms with Crippen LogP contribution in [0.1, 0.15) is 16.6 Å². The van der Waals surface area contributed by atoms with E-state index < -0.39 is 0 Å². The van der Waals surface area contributed by atoms with Crippen LogP contribution in [0.3, 0.4) is 0 Å². The summed E-state index contributed by atoms with van der Waals surface area (Å²) in [6.07, 6.45) is 1.86. The number of thiophene rings is 1. The summed E-state index contributed by atoms with van der Waals surface area (Å²) < 4.78 is 0. The number of fused-ring (bicyclic) bond motifs is 1. The molecule has 3 heteroatoms. The number of para-hydroxylation sites is 1. The van der Waals surface area contributed by atoms with E-state index >= 15 is 0 Å². The second-order valence-corrected chi connectivity index (χ2v) is 5.22. The molecule has 2 aromatic heterocycles. The van der Waals surface area contributed by atoms with Gasteiger partial charge in [0.05, 0.1) is 10.4 Å². The van der Waals surface area contributed by atoms with Gasteiger partial charge in [0.15, 0.2) is 5.78 Å². The number of carbonyl (C=O) groups excluding carboxylic acids is 1. The van der Waals surface area contributed by atoms with Gasteiger partial charge in [-0.2, -0.15) is 0 Å². The van der Waals surface area contributed by atoms with Gasteiger partial charge in [-0.05, 0) is 31.2 Å². The molecule has 0 unspecified atom stereocenters. The highest BCUT2D eigenvalue weighted by molar-refractivity contribution is 7.17. The van der Waals surface area contributed by atoms with Crippen molar-refractivity contribution in [1.82, 2.24) is 4.98 Å². The van der Waals surface area contributed by atoms with Crippen LogP contribution in [0.5, 0.6) is 0 Å². The molecule has 0 atom stereocenters. The van der Waals surface area contributed by atoms with Crippen LogP contribution < -0.4 is 0 Å². The normalized spacial score (nSPS) is 10.7. The first-order valence-electron chi connectivity index (χ1n) is 5.70. The number of carbonyl (C=O) groups is 1. The molecule has 2 nitrogen and oxygen atoms in total. The number of aromatic nitrogens is 1. The van der Waals surface area contributed by atoms with Crippen LogP contribution >= 0.6 is 11.3 Å². The quantitative estimate of drug-likeness (QED) is 0.642. The van der Waals surface area contributed by atoms with Crippen LogP contribution in [-0.4, -0.2) is 10.8 Å². The first kappa shape index (κ1) is 11.1. The van der Waals surface area contributed by atoms with Gasteiger partial charge in [-0.15, -0.1) is 11.3 Å². The molecule has 3 aromatic rings. The molecule has 18 heavy (non-hydrogen) atoms. The van der Waals surface area contributed by atoms with Gasteiger partial charge in [0.2, 0.25) is 0 Å². The van der Waals surface area contributed by atoms with E-state index in [1.807, 2.05) is 42.6 Å². The molecular formula is C15H11NOS. The second kappa shape index (κ2) is 4.35. The van der Waals surface area contributed by atoms with Crippen molar-refractivity contribution in [3.8, 4) is 10.4 Å². The predicted molar refractivity (Wildman–Crippen MR) is 75.1 cm³/mol. The van der Waals surface area contributed by atoms with Crippen molar-refractivity contribution in [1.29, 1.82) is 0 Å². The maximum Gasteiger partial charge on any atom is 0.169 e. The van der Waals surface area contributed by atoms with E-state index in [9.17, 15) is 4.79 Å². The molecule has 0 amide bonds. The first-order valence-corrected chi connectivity index (χ1v) is 6.51. The van der Waals surface area contributed by atoms with E-state index in [2.05, 4.69) is 11.1 Å². The van der Waals surface area contributed by atoms with Crippen LogP contribution in [0.4, 0.5) is 0 Å². The lowest BCUT2D eigenvalue weighted by atomic mass is 10.1.